The molecule has 0 radical (unpaired) electrons. The van der Waals surface area contributed by atoms with E-state index in [0.29, 0.717) is 33.1 Å². The summed E-state index contributed by atoms with van der Waals surface area (Å²) in [6.07, 6.45) is 5.42. The second-order valence-corrected chi connectivity index (χ2v) is 8.39. The number of pyridine rings is 1. The highest BCUT2D eigenvalue weighted by Gasteiger charge is 2.26. The fourth-order valence-corrected chi connectivity index (χ4v) is 5.29. The normalized spacial score (nSPS) is 13.2. The van der Waals surface area contributed by atoms with Gasteiger partial charge in [-0.25, -0.2) is 4.98 Å². The van der Waals surface area contributed by atoms with Crippen molar-refractivity contribution >= 4 is 39.1 Å². The van der Waals surface area contributed by atoms with Crippen LogP contribution in [-0.2, 0) is 12.8 Å². The van der Waals surface area contributed by atoms with Gasteiger partial charge in [0.15, 0.2) is 5.76 Å². The Balaban J connectivity index is 1.59. The molecule has 1 aromatic carbocycles. The van der Waals surface area contributed by atoms with Crippen LogP contribution in [0.15, 0.2) is 53.1 Å². The van der Waals surface area contributed by atoms with E-state index in [1.165, 1.54) is 11.3 Å². The maximum absolute atomic E-state index is 13.3. The molecular formula is C23H19N3O3S. The molecule has 150 valence electrons. The predicted molar refractivity (Wildman–Crippen MR) is 117 cm³/mol. The standard InChI is InChI=1S/C23H19N3O3S/c24-21(27)20-14-7-2-4-10-19(14)30-23(20)26-22(28)15-12-17(18-9-5-11-29-18)25-16-8-3-1-6-13(15)16/h1,3,5-6,8-9,11-12H,2,4,7,10H2,(H2,24,27)(H,26,28). The van der Waals surface area contributed by atoms with E-state index in [0.717, 1.165) is 41.5 Å². The monoisotopic (exact) mass is 417 g/mol. The highest BCUT2D eigenvalue weighted by atomic mass is 32.1. The third-order valence-electron chi connectivity index (χ3n) is 5.38. The van der Waals surface area contributed by atoms with Crippen molar-refractivity contribution in [3.05, 3.63) is 70.3 Å². The van der Waals surface area contributed by atoms with E-state index in [1.807, 2.05) is 24.3 Å². The van der Waals surface area contributed by atoms with Gasteiger partial charge in [0.2, 0.25) is 0 Å². The van der Waals surface area contributed by atoms with Crippen LogP contribution >= 0.6 is 11.3 Å². The average Bonchev–Trinajstić information content (AvgIpc) is 3.40. The number of benzene rings is 1. The minimum Gasteiger partial charge on any atom is -0.463 e. The number of nitrogens with two attached hydrogens (primary N) is 1. The molecule has 0 saturated heterocycles. The van der Waals surface area contributed by atoms with Gasteiger partial charge >= 0.3 is 0 Å². The van der Waals surface area contributed by atoms with E-state index in [4.69, 9.17) is 10.2 Å². The maximum atomic E-state index is 13.3. The van der Waals surface area contributed by atoms with Gasteiger partial charge in [-0.05, 0) is 55.5 Å². The van der Waals surface area contributed by atoms with Gasteiger partial charge in [0.05, 0.1) is 22.9 Å². The van der Waals surface area contributed by atoms with Gasteiger partial charge < -0.3 is 15.5 Å². The molecule has 0 fully saturated rings. The molecule has 0 unspecified atom stereocenters. The number of hydrogen-bond donors (Lipinski definition) is 2. The smallest absolute Gasteiger partial charge is 0.257 e. The van der Waals surface area contributed by atoms with Crippen LogP contribution in [0.1, 0.15) is 44.0 Å². The summed E-state index contributed by atoms with van der Waals surface area (Å²) < 4.78 is 5.47. The maximum Gasteiger partial charge on any atom is 0.257 e. The van der Waals surface area contributed by atoms with Crippen molar-refractivity contribution in [3.8, 4) is 11.5 Å². The molecule has 3 aromatic heterocycles. The van der Waals surface area contributed by atoms with Crippen molar-refractivity contribution < 1.29 is 14.0 Å². The molecule has 3 N–H and O–H groups in total. The second kappa shape index (κ2) is 7.42. The minimum atomic E-state index is -0.499. The summed E-state index contributed by atoms with van der Waals surface area (Å²) in [5.74, 6) is -0.220. The topological polar surface area (TPSA) is 98.2 Å². The first-order valence-electron chi connectivity index (χ1n) is 9.81. The quantitative estimate of drug-likeness (QED) is 0.499. The Kier molecular flexibility index (Phi) is 4.59. The Morgan fingerprint density at radius 1 is 1.10 bits per heavy atom. The number of carbonyl (C=O) groups is 2. The van der Waals surface area contributed by atoms with Crippen molar-refractivity contribution in [2.75, 3.05) is 5.32 Å². The van der Waals surface area contributed by atoms with Gasteiger partial charge in [-0.3, -0.25) is 9.59 Å². The molecule has 1 aliphatic carbocycles. The lowest BCUT2D eigenvalue weighted by Gasteiger charge is -2.11. The number of primary amides is 1. The number of hydrogen-bond acceptors (Lipinski definition) is 5. The first-order chi connectivity index (χ1) is 14.6. The molecule has 0 bridgehead atoms. The van der Waals surface area contributed by atoms with Crippen LogP contribution in [-0.4, -0.2) is 16.8 Å². The Hall–Kier alpha value is -3.45. The molecule has 7 heteroatoms. The van der Waals surface area contributed by atoms with E-state index in [9.17, 15) is 9.59 Å². The van der Waals surface area contributed by atoms with Gasteiger partial charge in [0.1, 0.15) is 10.7 Å². The number of nitrogens with zero attached hydrogens (tertiary/aromatic N) is 1. The summed E-state index contributed by atoms with van der Waals surface area (Å²) in [5, 5.41) is 4.21. The lowest BCUT2D eigenvalue weighted by Crippen LogP contribution is -2.19. The number of nitrogens with one attached hydrogen (secondary N) is 1. The summed E-state index contributed by atoms with van der Waals surface area (Å²) in [4.78, 5) is 31.2. The third kappa shape index (κ3) is 3.17. The van der Waals surface area contributed by atoms with Crippen molar-refractivity contribution in [2.24, 2.45) is 5.73 Å². The zero-order chi connectivity index (χ0) is 20.7. The van der Waals surface area contributed by atoms with Crippen LogP contribution < -0.4 is 11.1 Å². The Morgan fingerprint density at radius 2 is 1.93 bits per heavy atom. The lowest BCUT2D eigenvalue weighted by molar-refractivity contribution is 0.100. The van der Waals surface area contributed by atoms with Gasteiger partial charge in [-0.15, -0.1) is 11.3 Å². The molecule has 4 aromatic rings. The number of rotatable bonds is 4. The fraction of sp³-hybridized carbons (Fsp3) is 0.174. The number of carbonyl (C=O) groups excluding carboxylic acids is 2. The van der Waals surface area contributed by atoms with Crippen LogP contribution in [0.5, 0.6) is 0 Å². The van der Waals surface area contributed by atoms with Crippen molar-refractivity contribution in [3.63, 3.8) is 0 Å². The number of furan rings is 1. The molecule has 5 rings (SSSR count). The highest BCUT2D eigenvalue weighted by Crippen LogP contribution is 2.38. The zero-order valence-corrected chi connectivity index (χ0v) is 16.9. The molecule has 0 spiro atoms. The molecule has 0 atom stereocenters. The largest absolute Gasteiger partial charge is 0.463 e. The molecule has 0 saturated carbocycles. The van der Waals surface area contributed by atoms with Gasteiger partial charge in [0.25, 0.3) is 11.8 Å². The number of anilines is 1. The molecule has 2 amide bonds. The highest BCUT2D eigenvalue weighted by molar-refractivity contribution is 7.17. The SMILES string of the molecule is NC(=O)c1c(NC(=O)c2cc(-c3ccco3)nc3ccccc23)sc2c1CCCC2. The average molecular weight is 417 g/mol. The lowest BCUT2D eigenvalue weighted by atomic mass is 9.95. The predicted octanol–water partition coefficient (Wildman–Crippen LogP) is 4.79. The molecule has 6 nitrogen and oxygen atoms in total. The molecule has 30 heavy (non-hydrogen) atoms. The van der Waals surface area contributed by atoms with E-state index >= 15 is 0 Å². The summed E-state index contributed by atoms with van der Waals surface area (Å²) in [7, 11) is 0. The van der Waals surface area contributed by atoms with Crippen LogP contribution in [0.4, 0.5) is 5.00 Å². The van der Waals surface area contributed by atoms with E-state index in [2.05, 4.69) is 10.3 Å². The number of para-hydroxylation sites is 1. The third-order valence-corrected chi connectivity index (χ3v) is 6.59. The number of aromatic nitrogens is 1. The summed E-state index contributed by atoms with van der Waals surface area (Å²) in [6, 6.07) is 12.8. The number of thiophene rings is 1. The van der Waals surface area contributed by atoms with E-state index < -0.39 is 5.91 Å². The molecule has 0 aliphatic heterocycles. The van der Waals surface area contributed by atoms with E-state index in [-0.39, 0.29) is 5.91 Å². The number of fused-ring (bicyclic) bond motifs is 2. The Bertz CT molecular complexity index is 1270. The van der Waals surface area contributed by atoms with E-state index in [1.54, 1.807) is 24.5 Å². The van der Waals surface area contributed by atoms with Crippen LogP contribution in [0.2, 0.25) is 0 Å². The number of amides is 2. The Labute approximate surface area is 176 Å². The second-order valence-electron chi connectivity index (χ2n) is 7.28. The minimum absolute atomic E-state index is 0.303. The molecule has 3 heterocycles. The van der Waals surface area contributed by atoms with Crippen molar-refractivity contribution in [1.82, 2.24) is 4.98 Å². The van der Waals surface area contributed by atoms with Crippen molar-refractivity contribution in [1.29, 1.82) is 0 Å². The zero-order valence-electron chi connectivity index (χ0n) is 16.1. The summed E-state index contributed by atoms with van der Waals surface area (Å²) in [5.41, 5.74) is 8.84. The first-order valence-corrected chi connectivity index (χ1v) is 10.6. The first kappa shape index (κ1) is 18.6. The van der Waals surface area contributed by atoms with Crippen molar-refractivity contribution in [2.45, 2.75) is 25.7 Å². The Morgan fingerprint density at radius 3 is 2.73 bits per heavy atom. The van der Waals surface area contributed by atoms with Gasteiger partial charge in [-0.2, -0.15) is 0 Å². The fourth-order valence-electron chi connectivity index (χ4n) is 4.00. The number of aryl methyl sites for hydroxylation is 1. The molecular weight excluding hydrogens is 398 g/mol. The van der Waals surface area contributed by atoms with Crippen LogP contribution in [0.3, 0.4) is 0 Å². The van der Waals surface area contributed by atoms with Crippen LogP contribution in [0, 0.1) is 0 Å². The summed E-state index contributed by atoms with van der Waals surface area (Å²) in [6.45, 7) is 0. The van der Waals surface area contributed by atoms with Gasteiger partial charge in [-0.1, -0.05) is 18.2 Å². The summed E-state index contributed by atoms with van der Waals surface area (Å²) >= 11 is 1.45. The van der Waals surface area contributed by atoms with Crippen LogP contribution in [0.25, 0.3) is 22.4 Å². The molecule has 1 aliphatic rings. The van der Waals surface area contributed by atoms with Gasteiger partial charge in [0, 0.05) is 10.3 Å².